The zero-order chi connectivity index (χ0) is 12.8. The third-order valence-corrected chi connectivity index (χ3v) is 2.04. The van der Waals surface area contributed by atoms with Gasteiger partial charge in [-0.15, -0.1) is 0 Å². The molecule has 0 fully saturated rings. The summed E-state index contributed by atoms with van der Waals surface area (Å²) in [6, 6.07) is 2.23. The predicted octanol–water partition coefficient (Wildman–Crippen LogP) is 0.710. The molecular formula is C10H12N2O5. The third kappa shape index (κ3) is 3.71. The smallest absolute Gasteiger partial charge is 0.307 e. The van der Waals surface area contributed by atoms with Crippen LogP contribution in [0.2, 0.25) is 0 Å². The average Bonchev–Trinajstić information content (AvgIpc) is 2.28. The van der Waals surface area contributed by atoms with E-state index in [9.17, 15) is 19.7 Å². The Morgan fingerprint density at radius 3 is 2.82 bits per heavy atom. The number of aryl methyl sites for hydroxylation is 1. The number of aromatic nitrogens is 1. The zero-order valence-electron chi connectivity index (χ0n) is 9.29. The Kier molecular flexibility index (Phi) is 4.38. The van der Waals surface area contributed by atoms with Crippen molar-refractivity contribution in [3.05, 3.63) is 38.8 Å². The van der Waals surface area contributed by atoms with Crippen molar-refractivity contribution >= 4 is 11.7 Å². The Morgan fingerprint density at radius 1 is 1.53 bits per heavy atom. The minimum Gasteiger partial charge on any atom is -0.466 e. The maximum Gasteiger partial charge on any atom is 0.307 e. The lowest BCUT2D eigenvalue weighted by Gasteiger charge is -2.04. The van der Waals surface area contributed by atoms with Crippen LogP contribution < -0.4 is 5.56 Å². The molecule has 7 heteroatoms. The predicted molar refractivity (Wildman–Crippen MR) is 58.6 cm³/mol. The van der Waals surface area contributed by atoms with E-state index in [1.54, 1.807) is 6.92 Å². The zero-order valence-corrected chi connectivity index (χ0v) is 9.29. The van der Waals surface area contributed by atoms with Gasteiger partial charge in [0.15, 0.2) is 0 Å². The van der Waals surface area contributed by atoms with Crippen LogP contribution in [0.3, 0.4) is 0 Å². The van der Waals surface area contributed by atoms with Crippen molar-refractivity contribution in [2.45, 2.75) is 19.9 Å². The van der Waals surface area contributed by atoms with E-state index < -0.39 is 10.9 Å². The normalized spacial score (nSPS) is 9.94. The summed E-state index contributed by atoms with van der Waals surface area (Å²) in [5.74, 6) is -0.439. The standard InChI is InChI=1S/C10H12N2O5/c1-2-17-10(14)5-6-11-7-8(12(15)16)3-4-9(11)13/h3-4,7H,2,5-6H2,1H3. The van der Waals surface area contributed by atoms with Gasteiger partial charge in [-0.05, 0) is 6.92 Å². The van der Waals surface area contributed by atoms with Crippen LogP contribution >= 0.6 is 0 Å². The molecule has 0 spiro atoms. The van der Waals surface area contributed by atoms with E-state index >= 15 is 0 Å². The fraction of sp³-hybridized carbons (Fsp3) is 0.400. The molecule has 0 unspecified atom stereocenters. The molecule has 0 bridgehead atoms. The molecule has 0 saturated heterocycles. The molecule has 92 valence electrons. The Balaban J connectivity index is 2.76. The summed E-state index contributed by atoms with van der Waals surface area (Å²) in [7, 11) is 0. The topological polar surface area (TPSA) is 91.4 Å². The van der Waals surface area contributed by atoms with Crippen molar-refractivity contribution in [2.75, 3.05) is 6.61 Å². The summed E-state index contributed by atoms with van der Waals surface area (Å²) in [6.45, 7) is 2.01. The first-order valence-corrected chi connectivity index (χ1v) is 5.05. The van der Waals surface area contributed by atoms with Gasteiger partial charge in [-0.25, -0.2) is 0 Å². The molecule has 1 aromatic heterocycles. The van der Waals surface area contributed by atoms with Gasteiger partial charge in [-0.2, -0.15) is 0 Å². The van der Waals surface area contributed by atoms with Crippen LogP contribution in [0.15, 0.2) is 23.1 Å². The van der Waals surface area contributed by atoms with Gasteiger partial charge in [-0.1, -0.05) is 0 Å². The monoisotopic (exact) mass is 240 g/mol. The van der Waals surface area contributed by atoms with Crippen LogP contribution in [-0.4, -0.2) is 22.1 Å². The number of nitro groups is 1. The van der Waals surface area contributed by atoms with E-state index in [-0.39, 0.29) is 30.8 Å². The van der Waals surface area contributed by atoms with E-state index in [0.29, 0.717) is 0 Å². The molecular weight excluding hydrogens is 228 g/mol. The number of hydrogen-bond acceptors (Lipinski definition) is 5. The van der Waals surface area contributed by atoms with E-state index in [2.05, 4.69) is 0 Å². The summed E-state index contributed by atoms with van der Waals surface area (Å²) in [4.78, 5) is 32.3. The second kappa shape index (κ2) is 5.78. The molecule has 0 radical (unpaired) electrons. The van der Waals surface area contributed by atoms with Crippen LogP contribution in [0.4, 0.5) is 5.69 Å². The molecule has 0 aromatic carbocycles. The highest BCUT2D eigenvalue weighted by molar-refractivity contribution is 5.69. The van der Waals surface area contributed by atoms with Gasteiger partial charge in [0, 0.05) is 18.7 Å². The maximum atomic E-state index is 11.4. The summed E-state index contributed by atoms with van der Waals surface area (Å²) in [5.41, 5.74) is -0.576. The summed E-state index contributed by atoms with van der Waals surface area (Å²) < 4.78 is 5.81. The second-order valence-electron chi connectivity index (χ2n) is 3.23. The number of rotatable bonds is 5. The van der Waals surface area contributed by atoms with E-state index in [4.69, 9.17) is 4.74 Å². The molecule has 17 heavy (non-hydrogen) atoms. The van der Waals surface area contributed by atoms with Crippen LogP contribution in [0, 0.1) is 10.1 Å². The molecule has 1 aromatic rings. The molecule has 0 N–H and O–H groups in total. The first-order chi connectivity index (χ1) is 8.04. The highest BCUT2D eigenvalue weighted by Crippen LogP contribution is 2.06. The lowest BCUT2D eigenvalue weighted by molar-refractivity contribution is -0.385. The summed E-state index contributed by atoms with van der Waals surface area (Å²) in [5, 5.41) is 10.5. The van der Waals surface area contributed by atoms with Gasteiger partial charge in [-0.3, -0.25) is 19.7 Å². The minimum absolute atomic E-state index is 0.00884. The number of hydrogen-bond donors (Lipinski definition) is 0. The number of pyridine rings is 1. The van der Waals surface area contributed by atoms with E-state index in [1.807, 2.05) is 0 Å². The fourth-order valence-corrected chi connectivity index (χ4v) is 1.25. The van der Waals surface area contributed by atoms with Crippen LogP contribution in [0.1, 0.15) is 13.3 Å². The first kappa shape index (κ1) is 12.9. The van der Waals surface area contributed by atoms with E-state index in [0.717, 1.165) is 22.9 Å². The average molecular weight is 240 g/mol. The Morgan fingerprint density at radius 2 is 2.24 bits per heavy atom. The van der Waals surface area contributed by atoms with Gasteiger partial charge in [0.1, 0.15) is 0 Å². The molecule has 1 heterocycles. The van der Waals surface area contributed by atoms with Crippen LogP contribution in [-0.2, 0) is 16.1 Å². The maximum absolute atomic E-state index is 11.4. The number of esters is 1. The summed E-state index contributed by atoms with van der Waals surface area (Å²) >= 11 is 0. The fourth-order valence-electron chi connectivity index (χ4n) is 1.25. The lowest BCUT2D eigenvalue weighted by Crippen LogP contribution is -2.21. The van der Waals surface area contributed by atoms with Gasteiger partial charge in [0.25, 0.3) is 11.2 Å². The van der Waals surface area contributed by atoms with E-state index in [1.165, 1.54) is 0 Å². The largest absolute Gasteiger partial charge is 0.466 e. The third-order valence-electron chi connectivity index (χ3n) is 2.04. The molecule has 0 aliphatic heterocycles. The first-order valence-electron chi connectivity index (χ1n) is 5.05. The SMILES string of the molecule is CCOC(=O)CCn1cc([N+](=O)[O-])ccc1=O. The van der Waals surface area contributed by atoms with Crippen LogP contribution in [0.25, 0.3) is 0 Å². The number of nitrogens with zero attached hydrogens (tertiary/aromatic N) is 2. The van der Waals surface area contributed by atoms with Crippen molar-refractivity contribution in [1.82, 2.24) is 4.57 Å². The van der Waals surface area contributed by atoms with Gasteiger partial charge in [0.05, 0.1) is 24.1 Å². The van der Waals surface area contributed by atoms with Gasteiger partial charge >= 0.3 is 5.97 Å². The number of carbonyl (C=O) groups is 1. The highest BCUT2D eigenvalue weighted by Gasteiger charge is 2.09. The van der Waals surface area contributed by atoms with Crippen molar-refractivity contribution < 1.29 is 14.5 Å². The van der Waals surface area contributed by atoms with Gasteiger partial charge in [0.2, 0.25) is 0 Å². The number of ether oxygens (including phenoxy) is 1. The number of carbonyl (C=O) groups excluding carboxylic acids is 1. The highest BCUT2D eigenvalue weighted by atomic mass is 16.6. The lowest BCUT2D eigenvalue weighted by atomic mass is 10.3. The Bertz CT molecular complexity index is 480. The molecule has 7 nitrogen and oxygen atoms in total. The molecule has 0 saturated carbocycles. The van der Waals surface area contributed by atoms with Crippen molar-refractivity contribution in [3.63, 3.8) is 0 Å². The quantitative estimate of drug-likeness (QED) is 0.429. The molecule has 0 amide bonds. The van der Waals surface area contributed by atoms with Crippen molar-refractivity contribution in [2.24, 2.45) is 0 Å². The summed E-state index contributed by atoms with van der Waals surface area (Å²) in [6.07, 6.45) is 1.12. The van der Waals surface area contributed by atoms with Crippen LogP contribution in [0.5, 0.6) is 0 Å². The molecule has 0 aliphatic carbocycles. The second-order valence-corrected chi connectivity index (χ2v) is 3.23. The molecule has 0 atom stereocenters. The molecule has 0 aliphatic rings. The van der Waals surface area contributed by atoms with Crippen molar-refractivity contribution in [1.29, 1.82) is 0 Å². The van der Waals surface area contributed by atoms with Crippen molar-refractivity contribution in [3.8, 4) is 0 Å². The minimum atomic E-state index is -0.597. The van der Waals surface area contributed by atoms with Gasteiger partial charge < -0.3 is 9.30 Å². The molecule has 1 rings (SSSR count). The Hall–Kier alpha value is -2.18. The Labute approximate surface area is 96.8 Å².